The molecular weight excluding hydrogens is 343 g/mol. The van der Waals surface area contributed by atoms with E-state index in [0.29, 0.717) is 33.0 Å². The van der Waals surface area contributed by atoms with Crippen LogP contribution in [0.3, 0.4) is 0 Å². The molecule has 1 aromatic carbocycles. The summed E-state index contributed by atoms with van der Waals surface area (Å²) in [6.45, 7) is 2.18. The van der Waals surface area contributed by atoms with Gasteiger partial charge < -0.3 is 15.2 Å². The minimum Gasteiger partial charge on any atom is -0.319 e. The zero-order valence-corrected chi connectivity index (χ0v) is 14.8. The summed E-state index contributed by atoms with van der Waals surface area (Å²) >= 11 is 1.13. The molecule has 3 rings (SSSR count). The first kappa shape index (κ1) is 17.2. The summed E-state index contributed by atoms with van der Waals surface area (Å²) in [5, 5.41) is 2.94. The summed E-state index contributed by atoms with van der Waals surface area (Å²) in [5.74, 6) is -0.442. The Labute approximate surface area is 147 Å². The first-order valence-electron chi connectivity index (χ1n) is 7.59. The van der Waals surface area contributed by atoms with Crippen LogP contribution in [-0.2, 0) is 6.54 Å². The Hall–Kier alpha value is -2.58. The van der Waals surface area contributed by atoms with Crippen molar-refractivity contribution in [2.45, 2.75) is 13.5 Å². The van der Waals surface area contributed by atoms with E-state index in [1.54, 1.807) is 19.1 Å². The number of benzene rings is 1. The summed E-state index contributed by atoms with van der Waals surface area (Å²) in [6, 6.07) is 5.94. The number of aromatic nitrogens is 2. The van der Waals surface area contributed by atoms with Crippen molar-refractivity contribution in [1.82, 2.24) is 14.9 Å². The van der Waals surface area contributed by atoms with Crippen molar-refractivity contribution in [1.29, 1.82) is 0 Å². The van der Waals surface area contributed by atoms with E-state index in [1.807, 2.05) is 19.0 Å². The highest BCUT2D eigenvalue weighted by atomic mass is 32.1. The minimum atomic E-state index is -0.515. The van der Waals surface area contributed by atoms with Crippen LogP contribution in [0.2, 0.25) is 0 Å². The Morgan fingerprint density at radius 3 is 2.76 bits per heavy atom. The fraction of sp³-hybridized carbons (Fsp3) is 0.235. The maximum atomic E-state index is 13.7. The average Bonchev–Trinajstić information content (AvgIpc) is 2.86. The molecule has 0 saturated carbocycles. The molecule has 8 heteroatoms. The van der Waals surface area contributed by atoms with Crippen LogP contribution in [-0.4, -0.2) is 34.9 Å². The number of hydrogen-bond donors (Lipinski definition) is 2. The fourth-order valence-electron chi connectivity index (χ4n) is 2.52. The van der Waals surface area contributed by atoms with Gasteiger partial charge in [0.25, 0.3) is 11.5 Å². The molecule has 2 N–H and O–H groups in total. The molecule has 3 aromatic rings. The predicted molar refractivity (Wildman–Crippen MR) is 96.7 cm³/mol. The number of H-pyrrole nitrogens is 1. The van der Waals surface area contributed by atoms with Gasteiger partial charge in [-0.1, -0.05) is 12.1 Å². The summed E-state index contributed by atoms with van der Waals surface area (Å²) in [6.07, 6.45) is 0. The van der Waals surface area contributed by atoms with Crippen molar-refractivity contribution < 1.29 is 9.18 Å². The zero-order chi connectivity index (χ0) is 18.1. The lowest BCUT2D eigenvalue weighted by Gasteiger charge is -2.07. The SMILES string of the molecule is Cc1c(C(=O)Nc2ccccc2F)sc2nc(CN(C)C)[nH]c(=O)c12. The van der Waals surface area contributed by atoms with Crippen LogP contribution >= 0.6 is 11.3 Å². The lowest BCUT2D eigenvalue weighted by Crippen LogP contribution is -2.18. The molecule has 0 aliphatic rings. The summed E-state index contributed by atoms with van der Waals surface area (Å²) in [4.78, 5) is 34.8. The van der Waals surface area contributed by atoms with Gasteiger partial charge in [0.1, 0.15) is 16.5 Å². The molecule has 25 heavy (non-hydrogen) atoms. The van der Waals surface area contributed by atoms with Gasteiger partial charge in [0.15, 0.2) is 0 Å². The van der Waals surface area contributed by atoms with Crippen molar-refractivity contribution in [3.63, 3.8) is 0 Å². The maximum Gasteiger partial charge on any atom is 0.266 e. The monoisotopic (exact) mass is 360 g/mol. The molecule has 1 amide bonds. The molecule has 0 aliphatic heterocycles. The molecule has 0 spiro atoms. The second-order valence-corrected chi connectivity index (χ2v) is 6.92. The average molecular weight is 360 g/mol. The number of aryl methyl sites for hydroxylation is 1. The molecule has 2 heterocycles. The van der Waals surface area contributed by atoms with Crippen molar-refractivity contribution in [3.05, 3.63) is 56.7 Å². The van der Waals surface area contributed by atoms with Gasteiger partial charge in [0, 0.05) is 0 Å². The number of carbonyl (C=O) groups is 1. The highest BCUT2D eigenvalue weighted by Crippen LogP contribution is 2.28. The number of rotatable bonds is 4. The summed E-state index contributed by atoms with van der Waals surface area (Å²) in [5.41, 5.74) is 0.360. The number of aromatic amines is 1. The summed E-state index contributed by atoms with van der Waals surface area (Å²) in [7, 11) is 3.74. The third kappa shape index (κ3) is 3.45. The number of nitrogens with zero attached hydrogens (tertiary/aromatic N) is 2. The van der Waals surface area contributed by atoms with Crippen LogP contribution in [0.15, 0.2) is 29.1 Å². The minimum absolute atomic E-state index is 0.0968. The van der Waals surface area contributed by atoms with Crippen LogP contribution in [0, 0.1) is 12.7 Å². The van der Waals surface area contributed by atoms with E-state index in [0.717, 1.165) is 11.3 Å². The van der Waals surface area contributed by atoms with Crippen LogP contribution in [0.5, 0.6) is 0 Å². The molecule has 0 radical (unpaired) electrons. The lowest BCUT2D eigenvalue weighted by atomic mass is 10.2. The van der Waals surface area contributed by atoms with Gasteiger partial charge in [-0.15, -0.1) is 11.3 Å². The molecule has 0 fully saturated rings. The Morgan fingerprint density at radius 2 is 2.08 bits per heavy atom. The number of halogens is 1. The number of fused-ring (bicyclic) bond motifs is 1. The topological polar surface area (TPSA) is 78.1 Å². The zero-order valence-electron chi connectivity index (χ0n) is 14.0. The number of hydrogen-bond acceptors (Lipinski definition) is 5. The van der Waals surface area contributed by atoms with Crippen LogP contribution < -0.4 is 10.9 Å². The number of carbonyl (C=O) groups excluding carboxylic acids is 1. The Morgan fingerprint density at radius 1 is 1.36 bits per heavy atom. The molecule has 130 valence electrons. The number of anilines is 1. The van der Waals surface area contributed by atoms with Crippen molar-refractivity contribution in [2.75, 3.05) is 19.4 Å². The predicted octanol–water partition coefficient (Wildman–Crippen LogP) is 2.75. The van der Waals surface area contributed by atoms with Crippen molar-refractivity contribution in [2.24, 2.45) is 0 Å². The highest BCUT2D eigenvalue weighted by Gasteiger charge is 2.20. The lowest BCUT2D eigenvalue weighted by molar-refractivity contribution is 0.102. The van der Waals surface area contributed by atoms with E-state index in [1.165, 1.54) is 12.1 Å². The normalized spacial score (nSPS) is 11.2. The third-order valence-corrected chi connectivity index (χ3v) is 4.83. The third-order valence-electron chi connectivity index (χ3n) is 3.64. The molecule has 0 unspecified atom stereocenters. The molecular formula is C17H17FN4O2S. The van der Waals surface area contributed by atoms with Gasteiger partial charge in [-0.3, -0.25) is 9.59 Å². The Kier molecular flexibility index (Phi) is 4.65. The van der Waals surface area contributed by atoms with Gasteiger partial charge in [-0.2, -0.15) is 0 Å². The number of nitrogens with one attached hydrogen (secondary N) is 2. The Balaban J connectivity index is 2.01. The van der Waals surface area contributed by atoms with E-state index in [4.69, 9.17) is 0 Å². The van der Waals surface area contributed by atoms with Gasteiger partial charge >= 0.3 is 0 Å². The van der Waals surface area contributed by atoms with E-state index < -0.39 is 11.7 Å². The second-order valence-electron chi connectivity index (χ2n) is 5.92. The van der Waals surface area contributed by atoms with Crippen molar-refractivity contribution >= 4 is 33.1 Å². The molecule has 2 aromatic heterocycles. The molecule has 0 bridgehead atoms. The number of thiophene rings is 1. The highest BCUT2D eigenvalue weighted by molar-refractivity contribution is 7.20. The first-order chi connectivity index (χ1) is 11.9. The maximum absolute atomic E-state index is 13.7. The van der Waals surface area contributed by atoms with Crippen LogP contribution in [0.4, 0.5) is 10.1 Å². The van der Waals surface area contributed by atoms with E-state index in [9.17, 15) is 14.0 Å². The standard InChI is InChI=1S/C17H17FN4O2S/c1-9-13-15(23)20-12(8-22(2)3)21-17(13)25-14(9)16(24)19-11-7-5-4-6-10(11)18/h4-7H,8H2,1-3H3,(H,19,24)(H,20,21,23). The first-order valence-corrected chi connectivity index (χ1v) is 8.41. The van der Waals surface area contributed by atoms with Gasteiger partial charge in [0.2, 0.25) is 0 Å². The van der Waals surface area contributed by atoms with E-state index >= 15 is 0 Å². The molecule has 0 atom stereocenters. The van der Waals surface area contributed by atoms with Crippen LogP contribution in [0.1, 0.15) is 21.1 Å². The van der Waals surface area contributed by atoms with Crippen molar-refractivity contribution in [3.8, 4) is 0 Å². The van der Waals surface area contributed by atoms with E-state index in [-0.39, 0.29) is 11.2 Å². The van der Waals surface area contributed by atoms with Gasteiger partial charge in [-0.05, 0) is 38.7 Å². The van der Waals surface area contributed by atoms with Gasteiger partial charge in [0.05, 0.1) is 22.5 Å². The number of amides is 1. The summed E-state index contributed by atoms with van der Waals surface area (Å²) < 4.78 is 13.7. The second kappa shape index (κ2) is 6.73. The molecule has 6 nitrogen and oxygen atoms in total. The quantitative estimate of drug-likeness (QED) is 0.750. The van der Waals surface area contributed by atoms with Gasteiger partial charge in [-0.25, -0.2) is 9.37 Å². The smallest absolute Gasteiger partial charge is 0.266 e. The Bertz CT molecular complexity index is 1010. The fourth-order valence-corrected chi connectivity index (χ4v) is 3.62. The van der Waals surface area contributed by atoms with E-state index in [2.05, 4.69) is 15.3 Å². The number of para-hydroxylation sites is 1. The largest absolute Gasteiger partial charge is 0.319 e. The molecule has 0 saturated heterocycles. The molecule has 0 aliphatic carbocycles. The van der Waals surface area contributed by atoms with Crippen LogP contribution in [0.25, 0.3) is 10.2 Å².